The maximum atomic E-state index is 8.41. The summed E-state index contributed by atoms with van der Waals surface area (Å²) in [5.41, 5.74) is 1.30. The van der Waals surface area contributed by atoms with E-state index in [1.807, 2.05) is 12.1 Å². The summed E-state index contributed by atoms with van der Waals surface area (Å²) in [5.74, 6) is 2.28. The first-order valence-electron chi connectivity index (χ1n) is 4.92. The van der Waals surface area contributed by atoms with Crippen molar-refractivity contribution < 1.29 is 4.74 Å². The number of nitrogens with zero attached hydrogens (tertiary/aromatic N) is 1. The lowest BCUT2D eigenvalue weighted by atomic mass is 9.99. The molecule has 0 bridgehead atoms. The predicted octanol–water partition coefficient (Wildman–Crippen LogP) is 3.40. The Hall–Kier alpha value is -1.14. The minimum absolute atomic E-state index is 0.497. The third-order valence-corrected chi connectivity index (χ3v) is 2.97. The Morgan fingerprint density at radius 2 is 2.07 bits per heavy atom. The van der Waals surface area contributed by atoms with Gasteiger partial charge in [0.1, 0.15) is 11.2 Å². The Morgan fingerprint density at radius 3 is 2.60 bits per heavy atom. The number of rotatable bonds is 5. The van der Waals surface area contributed by atoms with Crippen molar-refractivity contribution in [1.82, 2.24) is 0 Å². The Balaban J connectivity index is 2.51. The zero-order valence-corrected chi connectivity index (χ0v) is 9.88. The predicted molar refractivity (Wildman–Crippen MR) is 64.1 cm³/mol. The monoisotopic (exact) mass is 221 g/mol. The van der Waals surface area contributed by atoms with E-state index in [2.05, 4.69) is 24.5 Å². The lowest BCUT2D eigenvalue weighted by Gasteiger charge is -2.10. The molecule has 0 N–H and O–H groups in total. The highest BCUT2D eigenvalue weighted by atomic mass is 32.2. The quantitative estimate of drug-likeness (QED) is 0.564. The largest absolute Gasteiger partial charge is 0.497 e. The number of benzene rings is 1. The fourth-order valence-corrected chi connectivity index (χ4v) is 1.94. The van der Waals surface area contributed by atoms with E-state index in [-0.39, 0.29) is 0 Å². The van der Waals surface area contributed by atoms with Gasteiger partial charge in [-0.3, -0.25) is 0 Å². The van der Waals surface area contributed by atoms with Crippen LogP contribution < -0.4 is 4.74 Å². The molecule has 0 radical (unpaired) electrons. The fraction of sp³-hybridized carbons (Fsp3) is 0.417. The van der Waals surface area contributed by atoms with Gasteiger partial charge in [0.05, 0.1) is 7.11 Å². The summed E-state index contributed by atoms with van der Waals surface area (Å²) in [6, 6.07) is 8.12. The molecule has 1 unspecified atom stereocenters. The Morgan fingerprint density at radius 1 is 1.40 bits per heavy atom. The Labute approximate surface area is 95.3 Å². The average Bonchev–Trinajstić information content (AvgIpc) is 2.29. The second-order valence-corrected chi connectivity index (χ2v) is 4.28. The van der Waals surface area contributed by atoms with Crippen LogP contribution in [0.1, 0.15) is 24.8 Å². The summed E-state index contributed by atoms with van der Waals surface area (Å²) in [4.78, 5) is 0. The number of thiocyanates is 1. The van der Waals surface area contributed by atoms with E-state index in [0.717, 1.165) is 17.9 Å². The van der Waals surface area contributed by atoms with Crippen LogP contribution in [0.2, 0.25) is 0 Å². The molecule has 0 aromatic heterocycles. The first-order valence-corrected chi connectivity index (χ1v) is 5.91. The zero-order chi connectivity index (χ0) is 11.1. The molecule has 1 rings (SSSR count). The Kier molecular flexibility index (Phi) is 5.06. The molecule has 0 aliphatic heterocycles. The van der Waals surface area contributed by atoms with Crippen LogP contribution in [0.5, 0.6) is 5.75 Å². The van der Waals surface area contributed by atoms with Crippen molar-refractivity contribution in [3.8, 4) is 11.2 Å². The van der Waals surface area contributed by atoms with Gasteiger partial charge in [0.2, 0.25) is 0 Å². The van der Waals surface area contributed by atoms with Gasteiger partial charge in [-0.15, -0.1) is 0 Å². The minimum Gasteiger partial charge on any atom is -0.497 e. The number of ether oxygens (including phenoxy) is 1. The summed E-state index contributed by atoms with van der Waals surface area (Å²) in [7, 11) is 1.67. The van der Waals surface area contributed by atoms with Crippen LogP contribution in [-0.2, 0) is 0 Å². The van der Waals surface area contributed by atoms with E-state index in [0.29, 0.717) is 5.92 Å². The van der Waals surface area contributed by atoms with Crippen LogP contribution >= 0.6 is 11.8 Å². The van der Waals surface area contributed by atoms with Crippen molar-refractivity contribution >= 4 is 11.8 Å². The topological polar surface area (TPSA) is 33.0 Å². The van der Waals surface area contributed by atoms with Gasteiger partial charge >= 0.3 is 0 Å². The highest BCUT2D eigenvalue weighted by Gasteiger charge is 2.05. The van der Waals surface area contributed by atoms with Gasteiger partial charge in [-0.1, -0.05) is 19.1 Å². The van der Waals surface area contributed by atoms with Crippen molar-refractivity contribution in [3.05, 3.63) is 29.8 Å². The third kappa shape index (κ3) is 3.85. The van der Waals surface area contributed by atoms with Gasteiger partial charge in [0.25, 0.3) is 0 Å². The smallest absolute Gasteiger partial charge is 0.133 e. The summed E-state index contributed by atoms with van der Waals surface area (Å²) >= 11 is 1.32. The van der Waals surface area contributed by atoms with Crippen molar-refractivity contribution in [2.75, 3.05) is 12.9 Å². The molecule has 0 saturated carbocycles. The van der Waals surface area contributed by atoms with Crippen molar-refractivity contribution in [2.24, 2.45) is 0 Å². The molecule has 0 aliphatic carbocycles. The van der Waals surface area contributed by atoms with E-state index in [1.54, 1.807) is 7.11 Å². The summed E-state index contributed by atoms with van der Waals surface area (Å²) < 4.78 is 5.10. The summed E-state index contributed by atoms with van der Waals surface area (Å²) in [6.07, 6.45) is 1.03. The normalized spacial score (nSPS) is 11.8. The molecule has 80 valence electrons. The molecular weight excluding hydrogens is 206 g/mol. The first kappa shape index (κ1) is 11.9. The van der Waals surface area contributed by atoms with Gasteiger partial charge in [0, 0.05) is 5.75 Å². The number of thioether (sulfide) groups is 1. The van der Waals surface area contributed by atoms with E-state index in [1.165, 1.54) is 17.3 Å². The molecule has 15 heavy (non-hydrogen) atoms. The second kappa shape index (κ2) is 6.36. The lowest BCUT2D eigenvalue weighted by Crippen LogP contribution is -1.95. The number of nitriles is 1. The number of hydrogen-bond acceptors (Lipinski definition) is 3. The average molecular weight is 221 g/mol. The minimum atomic E-state index is 0.497. The second-order valence-electron chi connectivity index (χ2n) is 3.40. The maximum Gasteiger partial charge on any atom is 0.133 e. The molecule has 3 heteroatoms. The number of hydrogen-bond donors (Lipinski definition) is 0. The highest BCUT2D eigenvalue weighted by molar-refractivity contribution is 8.03. The molecule has 0 spiro atoms. The van der Waals surface area contributed by atoms with Crippen LogP contribution in [0.15, 0.2) is 24.3 Å². The van der Waals surface area contributed by atoms with E-state index < -0.39 is 0 Å². The number of methoxy groups -OCH3 is 1. The first-order chi connectivity index (χ1) is 7.27. The molecule has 1 atom stereocenters. The van der Waals surface area contributed by atoms with Crippen LogP contribution in [0, 0.1) is 10.7 Å². The summed E-state index contributed by atoms with van der Waals surface area (Å²) in [5, 5.41) is 10.5. The SMILES string of the molecule is COc1ccc(C(C)CCSC#N)cc1. The van der Waals surface area contributed by atoms with Gasteiger partial charge in [-0.2, -0.15) is 5.26 Å². The molecule has 2 nitrogen and oxygen atoms in total. The third-order valence-electron chi connectivity index (χ3n) is 2.40. The standard InChI is InChI=1S/C12H15NOS/c1-10(7-8-15-9-13)11-3-5-12(14-2)6-4-11/h3-6,10H,7-8H2,1-2H3. The Bertz CT molecular complexity index is 328. The van der Waals surface area contributed by atoms with E-state index in [9.17, 15) is 0 Å². The fourth-order valence-electron chi connectivity index (χ4n) is 1.38. The lowest BCUT2D eigenvalue weighted by molar-refractivity contribution is 0.414. The highest BCUT2D eigenvalue weighted by Crippen LogP contribution is 2.23. The van der Waals surface area contributed by atoms with Crippen molar-refractivity contribution in [3.63, 3.8) is 0 Å². The van der Waals surface area contributed by atoms with Crippen LogP contribution in [-0.4, -0.2) is 12.9 Å². The van der Waals surface area contributed by atoms with Crippen LogP contribution in [0.3, 0.4) is 0 Å². The van der Waals surface area contributed by atoms with Crippen LogP contribution in [0.25, 0.3) is 0 Å². The van der Waals surface area contributed by atoms with Crippen molar-refractivity contribution in [1.29, 1.82) is 5.26 Å². The van der Waals surface area contributed by atoms with Crippen molar-refractivity contribution in [2.45, 2.75) is 19.3 Å². The van der Waals surface area contributed by atoms with Crippen LogP contribution in [0.4, 0.5) is 0 Å². The molecule has 0 heterocycles. The van der Waals surface area contributed by atoms with E-state index >= 15 is 0 Å². The molecular formula is C12H15NOS. The summed E-state index contributed by atoms with van der Waals surface area (Å²) in [6.45, 7) is 2.18. The van der Waals surface area contributed by atoms with Gasteiger partial charge in [-0.25, -0.2) is 0 Å². The molecule has 0 saturated heterocycles. The van der Waals surface area contributed by atoms with E-state index in [4.69, 9.17) is 10.00 Å². The molecule has 1 aromatic carbocycles. The zero-order valence-electron chi connectivity index (χ0n) is 9.06. The van der Waals surface area contributed by atoms with Gasteiger partial charge in [-0.05, 0) is 41.8 Å². The van der Waals surface area contributed by atoms with Gasteiger partial charge < -0.3 is 4.74 Å². The molecule has 0 amide bonds. The molecule has 0 fully saturated rings. The molecule has 0 aliphatic rings. The maximum absolute atomic E-state index is 8.41. The van der Waals surface area contributed by atoms with Gasteiger partial charge in [0.15, 0.2) is 0 Å². The molecule has 1 aromatic rings.